The quantitative estimate of drug-likeness (QED) is 0.599. The van der Waals surface area contributed by atoms with Gasteiger partial charge in [-0.25, -0.2) is 4.79 Å². The van der Waals surface area contributed by atoms with Crippen molar-refractivity contribution in [2.24, 2.45) is 0 Å². The van der Waals surface area contributed by atoms with E-state index in [0.717, 1.165) is 22.2 Å². The summed E-state index contributed by atoms with van der Waals surface area (Å²) in [5, 5.41) is 4.07. The van der Waals surface area contributed by atoms with E-state index in [1.807, 2.05) is 50.2 Å². The van der Waals surface area contributed by atoms with Crippen LogP contribution in [0.25, 0.3) is 33.9 Å². The van der Waals surface area contributed by atoms with Gasteiger partial charge in [0.25, 0.3) is 5.89 Å². The first-order chi connectivity index (χ1) is 13.1. The highest BCUT2D eigenvalue weighted by Crippen LogP contribution is 2.36. The van der Waals surface area contributed by atoms with Crippen LogP contribution >= 0.6 is 0 Å². The van der Waals surface area contributed by atoms with Gasteiger partial charge in [-0.05, 0) is 50.2 Å². The topological polar surface area (TPSA) is 95.2 Å². The third kappa shape index (κ3) is 2.49. The lowest BCUT2D eigenvalue weighted by Crippen LogP contribution is -2.18. The summed E-state index contributed by atoms with van der Waals surface area (Å²) in [7, 11) is 0. The zero-order valence-electron chi connectivity index (χ0n) is 14.7. The Morgan fingerprint density at radius 2 is 1.89 bits per heavy atom. The summed E-state index contributed by atoms with van der Waals surface area (Å²) in [6, 6.07) is 11.1. The van der Waals surface area contributed by atoms with Gasteiger partial charge in [0.05, 0.1) is 11.0 Å². The Bertz CT molecular complexity index is 1220. The molecular formula is C19H16N4O4. The van der Waals surface area contributed by atoms with Crippen LogP contribution in [0.4, 0.5) is 0 Å². The highest BCUT2D eigenvalue weighted by Gasteiger charge is 2.18. The largest absolute Gasteiger partial charge is 0.454 e. The Morgan fingerprint density at radius 3 is 2.74 bits per heavy atom. The van der Waals surface area contributed by atoms with Crippen LogP contribution in [0, 0.1) is 0 Å². The molecule has 3 heterocycles. The summed E-state index contributed by atoms with van der Waals surface area (Å²) in [5.41, 5.74) is 2.96. The molecule has 0 spiro atoms. The Hall–Kier alpha value is -3.55. The zero-order valence-corrected chi connectivity index (χ0v) is 14.7. The van der Waals surface area contributed by atoms with E-state index in [0.29, 0.717) is 23.2 Å². The molecule has 0 radical (unpaired) electrons. The van der Waals surface area contributed by atoms with E-state index in [2.05, 4.69) is 15.1 Å². The molecule has 1 aliphatic heterocycles. The van der Waals surface area contributed by atoms with Crippen molar-refractivity contribution < 1.29 is 14.0 Å². The number of aromatic amines is 1. The minimum Gasteiger partial charge on any atom is -0.454 e. The molecule has 0 atom stereocenters. The van der Waals surface area contributed by atoms with Crippen molar-refractivity contribution in [3.05, 3.63) is 46.9 Å². The Kier molecular flexibility index (Phi) is 3.33. The van der Waals surface area contributed by atoms with Gasteiger partial charge in [0.1, 0.15) is 0 Å². The fourth-order valence-corrected chi connectivity index (χ4v) is 3.27. The maximum atomic E-state index is 12.1. The standard InChI is InChI=1S/C19H16N4O4/c1-10(2)23-14-5-3-11(7-13(14)20-19(23)24)17-21-18(27-22-17)12-4-6-15-16(8-12)26-9-25-15/h3-8,10H,9H2,1-2H3,(H,20,24). The Balaban J connectivity index is 1.53. The molecule has 136 valence electrons. The average Bonchev–Trinajstić information content (AvgIpc) is 3.37. The molecule has 5 rings (SSSR count). The molecule has 4 aromatic rings. The van der Waals surface area contributed by atoms with Gasteiger partial charge in [-0.15, -0.1) is 0 Å². The van der Waals surface area contributed by atoms with E-state index in [9.17, 15) is 4.79 Å². The summed E-state index contributed by atoms with van der Waals surface area (Å²) < 4.78 is 17.8. The van der Waals surface area contributed by atoms with Gasteiger partial charge in [0.15, 0.2) is 11.5 Å². The lowest BCUT2D eigenvalue weighted by Gasteiger charge is -2.06. The molecule has 0 fully saturated rings. The Labute approximate surface area is 153 Å². The van der Waals surface area contributed by atoms with Crippen LogP contribution < -0.4 is 15.2 Å². The second-order valence-electron chi connectivity index (χ2n) is 6.62. The van der Waals surface area contributed by atoms with Gasteiger partial charge < -0.3 is 19.0 Å². The molecule has 0 saturated carbocycles. The average molecular weight is 364 g/mol. The first kappa shape index (κ1) is 15.7. The van der Waals surface area contributed by atoms with Crippen molar-refractivity contribution in [3.63, 3.8) is 0 Å². The predicted molar refractivity (Wildman–Crippen MR) is 97.8 cm³/mol. The number of nitrogens with zero attached hydrogens (tertiary/aromatic N) is 3. The molecule has 0 bridgehead atoms. The van der Waals surface area contributed by atoms with Crippen LogP contribution in [0.5, 0.6) is 11.5 Å². The van der Waals surface area contributed by atoms with E-state index >= 15 is 0 Å². The van der Waals surface area contributed by atoms with Gasteiger partial charge in [-0.3, -0.25) is 4.57 Å². The van der Waals surface area contributed by atoms with E-state index in [4.69, 9.17) is 14.0 Å². The summed E-state index contributed by atoms with van der Waals surface area (Å²) in [4.78, 5) is 19.5. The molecule has 8 nitrogen and oxygen atoms in total. The molecule has 27 heavy (non-hydrogen) atoms. The summed E-state index contributed by atoms with van der Waals surface area (Å²) in [5.74, 6) is 2.18. The van der Waals surface area contributed by atoms with E-state index in [1.165, 1.54) is 0 Å². The van der Waals surface area contributed by atoms with Crippen LogP contribution in [0.1, 0.15) is 19.9 Å². The molecule has 0 saturated heterocycles. The minimum atomic E-state index is -0.133. The van der Waals surface area contributed by atoms with Gasteiger partial charge in [0, 0.05) is 17.2 Å². The molecule has 0 amide bonds. The van der Waals surface area contributed by atoms with Gasteiger partial charge in [-0.1, -0.05) is 5.16 Å². The van der Waals surface area contributed by atoms with Crippen LogP contribution in [-0.2, 0) is 0 Å². The fourth-order valence-electron chi connectivity index (χ4n) is 3.27. The molecule has 1 N–H and O–H groups in total. The number of H-pyrrole nitrogens is 1. The number of imidazole rings is 1. The van der Waals surface area contributed by atoms with Gasteiger partial charge in [-0.2, -0.15) is 4.98 Å². The summed E-state index contributed by atoms with van der Waals surface area (Å²) >= 11 is 0. The maximum absolute atomic E-state index is 12.1. The van der Waals surface area contributed by atoms with E-state index in [1.54, 1.807) is 4.57 Å². The monoisotopic (exact) mass is 364 g/mol. The highest BCUT2D eigenvalue weighted by atomic mass is 16.7. The molecule has 0 unspecified atom stereocenters. The number of hydrogen-bond acceptors (Lipinski definition) is 6. The third-order valence-electron chi connectivity index (χ3n) is 4.54. The number of fused-ring (bicyclic) bond motifs is 2. The number of ether oxygens (including phenoxy) is 2. The Morgan fingerprint density at radius 1 is 1.07 bits per heavy atom. The number of rotatable bonds is 3. The molecule has 1 aliphatic rings. The normalized spacial score (nSPS) is 13.0. The molecule has 2 aromatic carbocycles. The number of benzene rings is 2. The number of nitrogens with one attached hydrogen (secondary N) is 1. The minimum absolute atomic E-state index is 0.0693. The first-order valence-electron chi connectivity index (χ1n) is 8.58. The third-order valence-corrected chi connectivity index (χ3v) is 4.54. The first-order valence-corrected chi connectivity index (χ1v) is 8.58. The van der Waals surface area contributed by atoms with Crippen LogP contribution in [0.2, 0.25) is 0 Å². The van der Waals surface area contributed by atoms with Crippen molar-refractivity contribution in [1.29, 1.82) is 0 Å². The molecule has 2 aromatic heterocycles. The smallest absolute Gasteiger partial charge is 0.326 e. The van der Waals surface area contributed by atoms with Crippen LogP contribution in [-0.4, -0.2) is 26.5 Å². The summed E-state index contributed by atoms with van der Waals surface area (Å²) in [6.07, 6.45) is 0. The van der Waals surface area contributed by atoms with Crippen molar-refractivity contribution in [2.45, 2.75) is 19.9 Å². The summed E-state index contributed by atoms with van der Waals surface area (Å²) in [6.45, 7) is 4.15. The van der Waals surface area contributed by atoms with E-state index < -0.39 is 0 Å². The van der Waals surface area contributed by atoms with E-state index in [-0.39, 0.29) is 18.5 Å². The maximum Gasteiger partial charge on any atom is 0.326 e. The second kappa shape index (κ2) is 5.73. The van der Waals surface area contributed by atoms with Crippen molar-refractivity contribution in [2.75, 3.05) is 6.79 Å². The molecule has 0 aliphatic carbocycles. The van der Waals surface area contributed by atoms with Gasteiger partial charge >= 0.3 is 5.69 Å². The molecule has 8 heteroatoms. The number of hydrogen-bond donors (Lipinski definition) is 1. The van der Waals surface area contributed by atoms with Crippen LogP contribution in [0.3, 0.4) is 0 Å². The lowest BCUT2D eigenvalue weighted by molar-refractivity contribution is 0.174. The van der Waals surface area contributed by atoms with Crippen molar-refractivity contribution in [1.82, 2.24) is 19.7 Å². The van der Waals surface area contributed by atoms with Crippen molar-refractivity contribution in [3.8, 4) is 34.3 Å². The lowest BCUT2D eigenvalue weighted by atomic mass is 10.1. The van der Waals surface area contributed by atoms with Crippen LogP contribution in [0.15, 0.2) is 45.7 Å². The molecular weight excluding hydrogens is 348 g/mol. The van der Waals surface area contributed by atoms with Crippen molar-refractivity contribution >= 4 is 11.0 Å². The SMILES string of the molecule is CC(C)n1c(=O)[nH]c2cc(-c3noc(-c4ccc5c(c4)OCO5)n3)ccc21. The number of aromatic nitrogens is 4. The predicted octanol–water partition coefficient (Wildman–Crippen LogP) is 3.36. The fraction of sp³-hybridized carbons (Fsp3) is 0.211. The van der Waals surface area contributed by atoms with Gasteiger partial charge in [0.2, 0.25) is 12.6 Å². The zero-order chi connectivity index (χ0) is 18.5. The second-order valence-corrected chi connectivity index (χ2v) is 6.62. The highest BCUT2D eigenvalue weighted by molar-refractivity contribution is 5.81.